The van der Waals surface area contributed by atoms with Crippen molar-refractivity contribution in [1.29, 1.82) is 0 Å². The fourth-order valence-electron chi connectivity index (χ4n) is 0.696. The van der Waals surface area contributed by atoms with E-state index in [1.807, 2.05) is 0 Å². The quantitative estimate of drug-likeness (QED) is 0.823. The molecule has 0 fully saturated rings. The van der Waals surface area contributed by atoms with Gasteiger partial charge in [-0.3, -0.25) is 0 Å². The lowest BCUT2D eigenvalue weighted by Gasteiger charge is -2.15. The molecule has 2 N–H and O–H groups in total. The molecule has 1 rings (SSSR count). The smallest absolute Gasteiger partial charge is 0.329 e. The van der Waals surface area contributed by atoms with E-state index in [0.29, 0.717) is 21.9 Å². The van der Waals surface area contributed by atoms with Crippen molar-refractivity contribution in [3.63, 3.8) is 0 Å². The summed E-state index contributed by atoms with van der Waals surface area (Å²) in [5.41, 5.74) is 5.03. The maximum atomic E-state index is 12.3. The molecular formula is C6H8F3N3S2. The third kappa shape index (κ3) is 3.10. The second-order valence-electron chi connectivity index (χ2n) is 2.49. The molecule has 0 aliphatic carbocycles. The van der Waals surface area contributed by atoms with Gasteiger partial charge in [0.15, 0.2) is 4.34 Å². The van der Waals surface area contributed by atoms with Crippen molar-refractivity contribution in [2.24, 2.45) is 5.73 Å². The van der Waals surface area contributed by atoms with Gasteiger partial charge in [-0.1, -0.05) is 11.8 Å². The fraction of sp³-hybridized carbons (Fsp3) is 0.667. The molecule has 0 saturated heterocycles. The Morgan fingerprint density at radius 3 is 2.57 bits per heavy atom. The van der Waals surface area contributed by atoms with Crippen LogP contribution in [0.5, 0.6) is 0 Å². The monoisotopic (exact) mass is 243 g/mol. The minimum atomic E-state index is -4.29. The van der Waals surface area contributed by atoms with Gasteiger partial charge in [0.25, 0.3) is 0 Å². The summed E-state index contributed by atoms with van der Waals surface area (Å²) in [6.45, 7) is 1.18. The molecule has 80 valence electrons. The van der Waals surface area contributed by atoms with Crippen LogP contribution in [0.25, 0.3) is 0 Å². The lowest BCUT2D eigenvalue weighted by atomic mass is 10.4. The number of aromatic nitrogens is 2. The first-order chi connectivity index (χ1) is 6.43. The van der Waals surface area contributed by atoms with Crippen LogP contribution in [0.2, 0.25) is 0 Å². The summed E-state index contributed by atoms with van der Waals surface area (Å²) in [5, 5.41) is -1.60. The predicted octanol–water partition coefficient (Wildman–Crippen LogP) is 1.83. The highest BCUT2D eigenvalue weighted by Crippen LogP contribution is 2.34. The Morgan fingerprint density at radius 1 is 1.57 bits per heavy atom. The minimum absolute atomic E-state index is 0.301. The number of nitrogens with two attached hydrogens (primary N) is 1. The number of hydrogen-bond acceptors (Lipinski definition) is 5. The van der Waals surface area contributed by atoms with E-state index in [4.69, 9.17) is 5.73 Å². The van der Waals surface area contributed by atoms with Gasteiger partial charge < -0.3 is 5.73 Å². The summed E-state index contributed by atoms with van der Waals surface area (Å²) >= 11 is 1.57. The second kappa shape index (κ2) is 4.45. The van der Waals surface area contributed by atoms with Gasteiger partial charge in [0.1, 0.15) is 11.1 Å². The zero-order valence-corrected chi connectivity index (χ0v) is 8.84. The number of alkyl halides is 3. The van der Waals surface area contributed by atoms with Crippen molar-refractivity contribution in [2.75, 3.05) is 6.54 Å². The van der Waals surface area contributed by atoms with E-state index in [9.17, 15) is 13.2 Å². The maximum Gasteiger partial charge on any atom is 0.402 e. The first kappa shape index (κ1) is 11.7. The molecule has 3 nitrogen and oxygen atoms in total. The summed E-state index contributed by atoms with van der Waals surface area (Å²) in [6, 6.07) is 0. The second-order valence-corrected chi connectivity index (χ2v) is 4.69. The Hall–Kier alpha value is -0.340. The standard InChI is InChI=1S/C6H8F3N3S2/c1-3-11-5(14-12-3)13-4(2-10)6(7,8)9/h4H,2,10H2,1H3. The molecule has 1 atom stereocenters. The third-order valence-electron chi connectivity index (χ3n) is 1.33. The van der Waals surface area contributed by atoms with E-state index in [2.05, 4.69) is 9.36 Å². The van der Waals surface area contributed by atoms with Gasteiger partial charge in [-0.2, -0.15) is 17.5 Å². The van der Waals surface area contributed by atoms with Crippen molar-refractivity contribution < 1.29 is 13.2 Å². The van der Waals surface area contributed by atoms with Gasteiger partial charge in [0.05, 0.1) is 0 Å². The Kier molecular flexibility index (Phi) is 3.73. The molecule has 1 aromatic heterocycles. The first-order valence-corrected chi connectivity index (χ1v) is 5.32. The van der Waals surface area contributed by atoms with Gasteiger partial charge in [0, 0.05) is 6.54 Å². The molecule has 0 aromatic carbocycles. The summed E-state index contributed by atoms with van der Waals surface area (Å²) in [7, 11) is 0. The molecular weight excluding hydrogens is 235 g/mol. The number of nitrogens with zero attached hydrogens (tertiary/aromatic N) is 2. The van der Waals surface area contributed by atoms with Crippen LogP contribution in [0.15, 0.2) is 4.34 Å². The van der Waals surface area contributed by atoms with E-state index in [1.54, 1.807) is 6.92 Å². The summed E-state index contributed by atoms with van der Waals surface area (Å²) in [6.07, 6.45) is -4.29. The van der Waals surface area contributed by atoms with Gasteiger partial charge in [0.2, 0.25) is 0 Å². The average Bonchev–Trinajstić information content (AvgIpc) is 2.45. The van der Waals surface area contributed by atoms with Gasteiger partial charge in [-0.15, -0.1) is 0 Å². The molecule has 1 heterocycles. The van der Waals surface area contributed by atoms with Gasteiger partial charge >= 0.3 is 6.18 Å². The van der Waals surface area contributed by atoms with Crippen LogP contribution >= 0.6 is 23.3 Å². The molecule has 0 aliphatic rings. The number of rotatable bonds is 3. The van der Waals surface area contributed by atoms with Crippen LogP contribution < -0.4 is 5.73 Å². The summed E-state index contributed by atoms with van der Waals surface area (Å²) in [5.74, 6) is 0.482. The highest BCUT2D eigenvalue weighted by molar-refractivity contribution is 8.01. The highest BCUT2D eigenvalue weighted by Gasteiger charge is 2.40. The highest BCUT2D eigenvalue weighted by atomic mass is 32.2. The molecule has 0 aliphatic heterocycles. The van der Waals surface area contributed by atoms with Crippen molar-refractivity contribution in [1.82, 2.24) is 9.36 Å². The largest absolute Gasteiger partial charge is 0.402 e. The van der Waals surface area contributed by atoms with Crippen LogP contribution in [0.4, 0.5) is 13.2 Å². The Bertz CT molecular complexity index is 299. The predicted molar refractivity (Wildman–Crippen MR) is 49.4 cm³/mol. The van der Waals surface area contributed by atoms with Crippen LogP contribution in [0.3, 0.4) is 0 Å². The molecule has 0 bridgehead atoms. The molecule has 8 heteroatoms. The van der Waals surface area contributed by atoms with Crippen molar-refractivity contribution in [3.8, 4) is 0 Å². The van der Waals surface area contributed by atoms with Crippen LogP contribution in [-0.2, 0) is 0 Å². The first-order valence-electron chi connectivity index (χ1n) is 3.67. The van der Waals surface area contributed by atoms with Crippen LogP contribution in [-0.4, -0.2) is 27.3 Å². The minimum Gasteiger partial charge on any atom is -0.329 e. The average molecular weight is 243 g/mol. The molecule has 1 aromatic rings. The number of hydrogen-bond donors (Lipinski definition) is 1. The SMILES string of the molecule is Cc1nsc(SC(CN)C(F)(F)F)n1. The van der Waals surface area contributed by atoms with Crippen molar-refractivity contribution >= 4 is 23.3 Å². The van der Waals surface area contributed by atoms with Crippen molar-refractivity contribution in [2.45, 2.75) is 22.7 Å². The number of aryl methyl sites for hydroxylation is 1. The molecule has 0 amide bonds. The normalized spacial score (nSPS) is 14.4. The Morgan fingerprint density at radius 2 is 2.21 bits per heavy atom. The topological polar surface area (TPSA) is 51.8 Å². The molecule has 1 unspecified atom stereocenters. The number of thioether (sulfide) groups is 1. The Labute approximate surface area is 87.1 Å². The zero-order valence-electron chi connectivity index (χ0n) is 7.21. The summed E-state index contributed by atoms with van der Waals surface area (Å²) in [4.78, 5) is 3.83. The van der Waals surface area contributed by atoms with E-state index in [0.717, 1.165) is 11.5 Å². The lowest BCUT2D eigenvalue weighted by Crippen LogP contribution is -2.32. The van der Waals surface area contributed by atoms with E-state index in [1.165, 1.54) is 0 Å². The van der Waals surface area contributed by atoms with Crippen molar-refractivity contribution in [3.05, 3.63) is 5.82 Å². The molecule has 0 saturated carbocycles. The molecule has 14 heavy (non-hydrogen) atoms. The van der Waals surface area contributed by atoms with Gasteiger partial charge in [-0.05, 0) is 18.5 Å². The molecule has 0 spiro atoms. The Balaban J connectivity index is 2.66. The summed E-state index contributed by atoms with van der Waals surface area (Å²) < 4.78 is 40.9. The van der Waals surface area contributed by atoms with Gasteiger partial charge in [-0.25, -0.2) is 4.98 Å². The van der Waals surface area contributed by atoms with E-state index >= 15 is 0 Å². The number of halogens is 3. The maximum absolute atomic E-state index is 12.3. The lowest BCUT2D eigenvalue weighted by molar-refractivity contribution is -0.126. The molecule has 0 radical (unpaired) electrons. The van der Waals surface area contributed by atoms with Crippen LogP contribution in [0, 0.1) is 6.92 Å². The zero-order chi connectivity index (χ0) is 10.8. The van der Waals surface area contributed by atoms with Crippen LogP contribution in [0.1, 0.15) is 5.82 Å². The van der Waals surface area contributed by atoms with E-state index < -0.39 is 18.0 Å². The van der Waals surface area contributed by atoms with E-state index in [-0.39, 0.29) is 0 Å². The third-order valence-corrected chi connectivity index (χ3v) is 3.48. The fourth-order valence-corrected chi connectivity index (χ4v) is 2.41.